The maximum atomic E-state index is 10.5. The first-order valence-electron chi connectivity index (χ1n) is 7.32. The molecule has 0 radical (unpaired) electrons. The van der Waals surface area contributed by atoms with Crippen LogP contribution in [0.4, 0.5) is 0 Å². The normalized spacial score (nSPS) is 36.1. The molecule has 5 atom stereocenters. The standard InChI is InChI=1S/C14H30O4SSi/c1-8-19-13-11(16)12(10(15)9(2)17-13)18-20(6,7)14(3,4)5/h9-13,15-16H,8H2,1-7H3/t9-,10+,11-,12+,13+/m1/s1. The number of aliphatic hydroxyl groups is 2. The van der Waals surface area contributed by atoms with E-state index >= 15 is 0 Å². The molecule has 120 valence electrons. The predicted octanol–water partition coefficient (Wildman–Crippen LogP) is 2.60. The molecule has 2 N–H and O–H groups in total. The molecule has 0 aliphatic carbocycles. The van der Waals surface area contributed by atoms with Crippen LogP contribution in [0.3, 0.4) is 0 Å². The van der Waals surface area contributed by atoms with Gasteiger partial charge in [-0.05, 0) is 30.8 Å². The average molecular weight is 323 g/mol. The van der Waals surface area contributed by atoms with Crippen molar-refractivity contribution in [1.29, 1.82) is 0 Å². The van der Waals surface area contributed by atoms with Crippen LogP contribution in [0, 0.1) is 0 Å². The van der Waals surface area contributed by atoms with Gasteiger partial charge in [0.1, 0.15) is 23.7 Å². The van der Waals surface area contributed by atoms with Gasteiger partial charge < -0.3 is 19.4 Å². The molecule has 0 saturated carbocycles. The van der Waals surface area contributed by atoms with Gasteiger partial charge >= 0.3 is 0 Å². The van der Waals surface area contributed by atoms with Crippen molar-refractivity contribution in [3.63, 3.8) is 0 Å². The van der Waals surface area contributed by atoms with E-state index < -0.39 is 26.6 Å². The third-order valence-corrected chi connectivity index (χ3v) is 9.88. The summed E-state index contributed by atoms with van der Waals surface area (Å²) in [5.41, 5.74) is -0.326. The Labute approximate surface area is 128 Å². The first-order chi connectivity index (χ1) is 9.01. The molecule has 1 heterocycles. The Morgan fingerprint density at radius 3 is 2.20 bits per heavy atom. The minimum atomic E-state index is -2.04. The molecule has 20 heavy (non-hydrogen) atoms. The van der Waals surface area contributed by atoms with Crippen molar-refractivity contribution in [1.82, 2.24) is 0 Å². The topological polar surface area (TPSA) is 58.9 Å². The van der Waals surface area contributed by atoms with E-state index in [0.717, 1.165) is 5.75 Å². The van der Waals surface area contributed by atoms with Gasteiger partial charge in [-0.1, -0.05) is 27.7 Å². The highest BCUT2D eigenvalue weighted by Gasteiger charge is 2.48. The van der Waals surface area contributed by atoms with Crippen LogP contribution in [-0.4, -0.2) is 54.1 Å². The zero-order valence-electron chi connectivity index (χ0n) is 13.7. The summed E-state index contributed by atoms with van der Waals surface area (Å²) in [6.07, 6.45) is -2.46. The van der Waals surface area contributed by atoms with E-state index in [2.05, 4.69) is 33.9 Å². The lowest BCUT2D eigenvalue weighted by molar-refractivity contribution is -0.187. The SMILES string of the molecule is CCS[C@@H]1O[C@H](C)[C@H](O)[C@H](O[Si](C)(C)C(C)(C)C)[C@H]1O. The van der Waals surface area contributed by atoms with E-state index in [1.54, 1.807) is 11.8 Å². The zero-order chi connectivity index (χ0) is 15.7. The predicted molar refractivity (Wildman–Crippen MR) is 86.6 cm³/mol. The summed E-state index contributed by atoms with van der Waals surface area (Å²) in [7, 11) is -2.04. The largest absolute Gasteiger partial charge is 0.408 e. The van der Waals surface area contributed by atoms with Crippen LogP contribution >= 0.6 is 11.8 Å². The molecule has 1 saturated heterocycles. The fraction of sp³-hybridized carbons (Fsp3) is 1.00. The fourth-order valence-corrected chi connectivity index (χ4v) is 4.20. The van der Waals surface area contributed by atoms with Gasteiger partial charge in [-0.25, -0.2) is 0 Å². The molecule has 0 unspecified atom stereocenters. The molecule has 0 aromatic rings. The first-order valence-corrected chi connectivity index (χ1v) is 11.3. The highest BCUT2D eigenvalue weighted by Crippen LogP contribution is 2.40. The van der Waals surface area contributed by atoms with E-state index in [4.69, 9.17) is 9.16 Å². The Hall–Kier alpha value is 0.407. The Morgan fingerprint density at radius 1 is 1.20 bits per heavy atom. The minimum Gasteiger partial charge on any atom is -0.408 e. The molecule has 4 nitrogen and oxygen atoms in total. The lowest BCUT2D eigenvalue weighted by Gasteiger charge is -2.47. The molecule has 0 aromatic heterocycles. The van der Waals surface area contributed by atoms with Crippen LogP contribution in [0.1, 0.15) is 34.6 Å². The molecular weight excluding hydrogens is 292 g/mol. The van der Waals surface area contributed by atoms with Crippen molar-refractivity contribution in [2.75, 3.05) is 5.75 Å². The van der Waals surface area contributed by atoms with Crippen LogP contribution in [0.25, 0.3) is 0 Å². The Bertz CT molecular complexity index is 319. The number of rotatable bonds is 4. The van der Waals surface area contributed by atoms with Crippen LogP contribution in [0.2, 0.25) is 18.1 Å². The molecule has 0 aromatic carbocycles. The number of thioether (sulfide) groups is 1. The summed E-state index contributed by atoms with van der Waals surface area (Å²) in [6.45, 7) is 14.6. The summed E-state index contributed by atoms with van der Waals surface area (Å²) < 4.78 is 11.9. The molecule has 0 spiro atoms. The third-order valence-electron chi connectivity index (χ3n) is 4.35. The van der Waals surface area contributed by atoms with Gasteiger partial charge in [0.15, 0.2) is 8.32 Å². The summed E-state index contributed by atoms with van der Waals surface area (Å²) in [5, 5.41) is 20.8. The van der Waals surface area contributed by atoms with Gasteiger partial charge in [0, 0.05) is 0 Å². The van der Waals surface area contributed by atoms with Crippen molar-refractivity contribution < 1.29 is 19.4 Å². The zero-order valence-corrected chi connectivity index (χ0v) is 15.5. The van der Waals surface area contributed by atoms with E-state index in [-0.39, 0.29) is 16.6 Å². The van der Waals surface area contributed by atoms with Crippen molar-refractivity contribution in [3.05, 3.63) is 0 Å². The van der Waals surface area contributed by atoms with E-state index in [0.29, 0.717) is 0 Å². The van der Waals surface area contributed by atoms with Crippen molar-refractivity contribution in [2.24, 2.45) is 0 Å². The maximum absolute atomic E-state index is 10.5. The monoisotopic (exact) mass is 322 g/mol. The second kappa shape index (κ2) is 6.67. The summed E-state index contributed by atoms with van der Waals surface area (Å²) in [4.78, 5) is 0. The second-order valence-corrected chi connectivity index (χ2v) is 13.1. The average Bonchev–Trinajstić information content (AvgIpc) is 2.30. The van der Waals surface area contributed by atoms with E-state index in [9.17, 15) is 10.2 Å². The van der Waals surface area contributed by atoms with Gasteiger partial charge in [-0.2, -0.15) is 0 Å². The van der Waals surface area contributed by atoms with E-state index in [1.165, 1.54) is 0 Å². The summed E-state index contributed by atoms with van der Waals surface area (Å²) in [5.74, 6) is 0.858. The molecule has 1 aliphatic rings. The molecule has 0 amide bonds. The summed E-state index contributed by atoms with van der Waals surface area (Å²) >= 11 is 1.56. The number of hydrogen-bond donors (Lipinski definition) is 2. The van der Waals surface area contributed by atoms with Gasteiger partial charge in [0.25, 0.3) is 0 Å². The van der Waals surface area contributed by atoms with Gasteiger partial charge in [-0.15, -0.1) is 11.8 Å². The van der Waals surface area contributed by atoms with Crippen LogP contribution < -0.4 is 0 Å². The minimum absolute atomic E-state index is 0.0430. The lowest BCUT2D eigenvalue weighted by Crippen LogP contribution is -2.60. The fourth-order valence-electron chi connectivity index (χ4n) is 1.96. The van der Waals surface area contributed by atoms with Gasteiger partial charge in [0.2, 0.25) is 0 Å². The number of hydrogen-bond acceptors (Lipinski definition) is 5. The van der Waals surface area contributed by atoms with E-state index in [1.807, 2.05) is 13.8 Å². The van der Waals surface area contributed by atoms with Gasteiger partial charge in [-0.3, -0.25) is 0 Å². The quantitative estimate of drug-likeness (QED) is 0.779. The molecule has 1 aliphatic heterocycles. The van der Waals surface area contributed by atoms with Crippen LogP contribution in [0.15, 0.2) is 0 Å². The van der Waals surface area contributed by atoms with Crippen molar-refractivity contribution >= 4 is 20.1 Å². The highest BCUT2D eigenvalue weighted by atomic mass is 32.2. The van der Waals surface area contributed by atoms with Gasteiger partial charge in [0.05, 0.1) is 6.10 Å². The lowest BCUT2D eigenvalue weighted by atomic mass is 10.0. The Balaban J connectivity index is 2.89. The first kappa shape index (κ1) is 18.5. The smallest absolute Gasteiger partial charge is 0.192 e. The number of ether oxygens (including phenoxy) is 1. The second-order valence-electron chi connectivity index (χ2n) is 6.99. The summed E-state index contributed by atoms with van der Waals surface area (Å²) in [6, 6.07) is 0. The molecule has 1 fully saturated rings. The number of aliphatic hydroxyl groups excluding tert-OH is 2. The Morgan fingerprint density at radius 2 is 1.75 bits per heavy atom. The van der Waals surface area contributed by atoms with Crippen molar-refractivity contribution in [3.8, 4) is 0 Å². The molecular formula is C14H30O4SSi. The van der Waals surface area contributed by atoms with Crippen molar-refractivity contribution in [2.45, 2.75) is 82.6 Å². The Kier molecular flexibility index (Phi) is 6.15. The highest BCUT2D eigenvalue weighted by molar-refractivity contribution is 7.99. The molecule has 6 heteroatoms. The maximum Gasteiger partial charge on any atom is 0.192 e. The molecule has 1 rings (SSSR count). The third kappa shape index (κ3) is 3.99. The molecule has 0 bridgehead atoms. The van der Waals surface area contributed by atoms with Crippen LogP contribution in [0.5, 0.6) is 0 Å². The van der Waals surface area contributed by atoms with Crippen LogP contribution in [-0.2, 0) is 9.16 Å².